The minimum absolute atomic E-state index is 0.223. The highest BCUT2D eigenvalue weighted by Crippen LogP contribution is 2.17. The molecule has 2 nitrogen and oxygen atoms in total. The number of aryl methyl sites for hydroxylation is 2. The lowest BCUT2D eigenvalue weighted by molar-refractivity contribution is 0.628. The maximum absolute atomic E-state index is 12.9. The Balaban J connectivity index is 2.88. The summed E-state index contributed by atoms with van der Waals surface area (Å²) in [5.41, 5.74) is 1.65. The van der Waals surface area contributed by atoms with Crippen LogP contribution in [0.1, 0.15) is 5.56 Å². The molecule has 0 bridgehead atoms. The molecule has 1 aromatic heterocycles. The lowest BCUT2D eigenvalue weighted by Crippen LogP contribution is -1.84. The Morgan fingerprint density at radius 1 is 1.42 bits per heavy atom. The van der Waals surface area contributed by atoms with Crippen LogP contribution in [0.25, 0.3) is 10.9 Å². The highest BCUT2D eigenvalue weighted by atomic mass is 19.1. The van der Waals surface area contributed by atoms with Gasteiger partial charge >= 0.3 is 0 Å². The van der Waals surface area contributed by atoms with Crippen LogP contribution in [0.3, 0.4) is 0 Å². The summed E-state index contributed by atoms with van der Waals surface area (Å²) in [6, 6.07) is 2.96. The van der Waals surface area contributed by atoms with Crippen LogP contribution in [0.2, 0.25) is 0 Å². The molecule has 0 atom stereocenters. The van der Waals surface area contributed by atoms with Crippen molar-refractivity contribution in [3.05, 3.63) is 29.7 Å². The second-order valence-corrected chi connectivity index (χ2v) is 2.96. The Morgan fingerprint density at radius 2 is 2.17 bits per heavy atom. The summed E-state index contributed by atoms with van der Waals surface area (Å²) in [7, 11) is 1.83. The second kappa shape index (κ2) is 2.30. The summed E-state index contributed by atoms with van der Waals surface area (Å²) in [6.07, 6.45) is 1.89. The smallest absolute Gasteiger partial charge is 0.125 e. The van der Waals surface area contributed by atoms with E-state index >= 15 is 0 Å². The van der Waals surface area contributed by atoms with Gasteiger partial charge in [-0.3, -0.25) is 4.68 Å². The van der Waals surface area contributed by atoms with Gasteiger partial charge in [-0.05, 0) is 18.6 Å². The molecular weight excluding hydrogens is 155 g/mol. The van der Waals surface area contributed by atoms with Gasteiger partial charge in [0.15, 0.2) is 0 Å². The molecule has 12 heavy (non-hydrogen) atoms. The second-order valence-electron chi connectivity index (χ2n) is 2.96. The minimum atomic E-state index is -0.223. The first-order valence-corrected chi connectivity index (χ1v) is 3.76. The van der Waals surface area contributed by atoms with Crippen LogP contribution in [-0.4, -0.2) is 9.78 Å². The van der Waals surface area contributed by atoms with Crippen molar-refractivity contribution in [3.8, 4) is 0 Å². The van der Waals surface area contributed by atoms with E-state index in [2.05, 4.69) is 5.10 Å². The van der Waals surface area contributed by atoms with Gasteiger partial charge in [0.25, 0.3) is 0 Å². The molecule has 1 heterocycles. The van der Waals surface area contributed by atoms with Gasteiger partial charge in [0, 0.05) is 24.7 Å². The molecule has 62 valence electrons. The average Bonchev–Trinajstić information content (AvgIpc) is 2.29. The fourth-order valence-electron chi connectivity index (χ4n) is 1.37. The van der Waals surface area contributed by atoms with E-state index in [-0.39, 0.29) is 5.82 Å². The van der Waals surface area contributed by atoms with Crippen molar-refractivity contribution in [1.29, 1.82) is 0 Å². The molecule has 0 radical (unpaired) electrons. The summed E-state index contributed by atoms with van der Waals surface area (Å²) in [4.78, 5) is 0. The molecule has 0 spiro atoms. The number of halogens is 1. The molecule has 1 aromatic carbocycles. The number of aromatic nitrogens is 2. The summed E-state index contributed by atoms with van der Waals surface area (Å²) in [5, 5.41) is 5.12. The van der Waals surface area contributed by atoms with Crippen molar-refractivity contribution in [3.63, 3.8) is 0 Å². The first-order chi connectivity index (χ1) is 5.66. The maximum atomic E-state index is 12.9. The third kappa shape index (κ3) is 0.978. The summed E-state index contributed by atoms with van der Waals surface area (Å²) in [5.74, 6) is -0.223. The normalized spacial score (nSPS) is 10.9. The standard InChI is InChI=1S/C9H9FN2/c1-6-3-7(10)4-9-8(6)5-12(2)11-9/h3-5H,1-2H3. The van der Waals surface area contributed by atoms with Crippen molar-refractivity contribution < 1.29 is 4.39 Å². The molecule has 0 aliphatic heterocycles. The lowest BCUT2D eigenvalue weighted by Gasteiger charge is -1.93. The summed E-state index contributed by atoms with van der Waals surface area (Å²) < 4.78 is 14.5. The zero-order valence-electron chi connectivity index (χ0n) is 7.00. The van der Waals surface area contributed by atoms with Gasteiger partial charge in [0.1, 0.15) is 5.82 Å². The number of nitrogens with zero attached hydrogens (tertiary/aromatic N) is 2. The van der Waals surface area contributed by atoms with Crippen LogP contribution in [0, 0.1) is 12.7 Å². The zero-order valence-corrected chi connectivity index (χ0v) is 7.00. The number of hydrogen-bond donors (Lipinski definition) is 0. The average molecular weight is 164 g/mol. The lowest BCUT2D eigenvalue weighted by atomic mass is 10.1. The zero-order chi connectivity index (χ0) is 8.72. The first-order valence-electron chi connectivity index (χ1n) is 3.76. The molecule has 0 aliphatic rings. The molecule has 0 unspecified atom stereocenters. The van der Waals surface area contributed by atoms with Crippen molar-refractivity contribution in [2.45, 2.75) is 6.92 Å². The van der Waals surface area contributed by atoms with Gasteiger partial charge in [0.2, 0.25) is 0 Å². The summed E-state index contributed by atoms with van der Waals surface area (Å²) >= 11 is 0. The molecule has 2 aromatic rings. The van der Waals surface area contributed by atoms with Crippen LogP contribution in [0.4, 0.5) is 4.39 Å². The van der Waals surface area contributed by atoms with Crippen molar-refractivity contribution >= 4 is 10.9 Å². The Morgan fingerprint density at radius 3 is 2.92 bits per heavy atom. The fourth-order valence-corrected chi connectivity index (χ4v) is 1.37. The quantitative estimate of drug-likeness (QED) is 0.582. The monoisotopic (exact) mass is 164 g/mol. The minimum Gasteiger partial charge on any atom is -0.275 e. The Labute approximate surface area is 69.6 Å². The molecule has 0 N–H and O–H groups in total. The van der Waals surface area contributed by atoms with Gasteiger partial charge in [-0.1, -0.05) is 0 Å². The number of rotatable bonds is 0. The third-order valence-corrected chi connectivity index (χ3v) is 1.91. The number of hydrogen-bond acceptors (Lipinski definition) is 1. The maximum Gasteiger partial charge on any atom is 0.125 e. The highest BCUT2D eigenvalue weighted by Gasteiger charge is 2.03. The van der Waals surface area contributed by atoms with Crippen LogP contribution < -0.4 is 0 Å². The molecule has 0 saturated heterocycles. The van der Waals surface area contributed by atoms with Gasteiger partial charge in [0.05, 0.1) is 5.52 Å². The molecular formula is C9H9FN2. The largest absolute Gasteiger partial charge is 0.275 e. The van der Waals surface area contributed by atoms with E-state index in [0.29, 0.717) is 0 Å². The van der Waals surface area contributed by atoms with Crippen LogP contribution in [0.5, 0.6) is 0 Å². The predicted octanol–water partition coefficient (Wildman–Crippen LogP) is 2.02. The Kier molecular flexibility index (Phi) is 1.40. The molecule has 0 saturated carbocycles. The van der Waals surface area contributed by atoms with E-state index in [1.807, 2.05) is 20.2 Å². The van der Waals surface area contributed by atoms with E-state index in [4.69, 9.17) is 0 Å². The number of benzene rings is 1. The van der Waals surface area contributed by atoms with E-state index < -0.39 is 0 Å². The van der Waals surface area contributed by atoms with Crippen molar-refractivity contribution in [1.82, 2.24) is 9.78 Å². The highest BCUT2D eigenvalue weighted by molar-refractivity contribution is 5.81. The fraction of sp³-hybridized carbons (Fsp3) is 0.222. The van der Waals surface area contributed by atoms with Gasteiger partial charge in [-0.15, -0.1) is 0 Å². The van der Waals surface area contributed by atoms with E-state index in [1.54, 1.807) is 4.68 Å². The van der Waals surface area contributed by atoms with E-state index in [0.717, 1.165) is 16.5 Å². The molecule has 3 heteroatoms. The van der Waals surface area contributed by atoms with Gasteiger partial charge < -0.3 is 0 Å². The van der Waals surface area contributed by atoms with Gasteiger partial charge in [-0.2, -0.15) is 5.10 Å². The van der Waals surface area contributed by atoms with Gasteiger partial charge in [-0.25, -0.2) is 4.39 Å². The predicted molar refractivity (Wildman–Crippen MR) is 45.4 cm³/mol. The molecule has 0 amide bonds. The van der Waals surface area contributed by atoms with Crippen LogP contribution in [-0.2, 0) is 7.05 Å². The van der Waals surface area contributed by atoms with Crippen molar-refractivity contribution in [2.24, 2.45) is 7.05 Å². The first kappa shape index (κ1) is 7.28. The Bertz CT molecular complexity index is 431. The number of fused-ring (bicyclic) bond motifs is 1. The van der Waals surface area contributed by atoms with Crippen molar-refractivity contribution in [2.75, 3.05) is 0 Å². The van der Waals surface area contributed by atoms with E-state index in [9.17, 15) is 4.39 Å². The Hall–Kier alpha value is -1.38. The molecule has 0 fully saturated rings. The molecule has 2 rings (SSSR count). The summed E-state index contributed by atoms with van der Waals surface area (Å²) in [6.45, 7) is 1.88. The molecule has 0 aliphatic carbocycles. The van der Waals surface area contributed by atoms with Crippen LogP contribution in [0.15, 0.2) is 18.3 Å². The topological polar surface area (TPSA) is 17.8 Å². The van der Waals surface area contributed by atoms with E-state index in [1.165, 1.54) is 12.1 Å². The SMILES string of the molecule is Cc1cc(F)cc2nn(C)cc12. The third-order valence-electron chi connectivity index (χ3n) is 1.91. The van der Waals surface area contributed by atoms with Crippen LogP contribution >= 0.6 is 0 Å².